The number of rotatable bonds is 1. The van der Waals surface area contributed by atoms with Crippen molar-refractivity contribution >= 4 is 28.7 Å². The van der Waals surface area contributed by atoms with Crippen LogP contribution in [0.1, 0.15) is 5.76 Å². The van der Waals surface area contributed by atoms with E-state index in [-0.39, 0.29) is 0 Å². The Hall–Kier alpha value is -0.250. The van der Waals surface area contributed by atoms with Gasteiger partial charge in [-0.3, -0.25) is 0 Å². The van der Waals surface area contributed by atoms with Gasteiger partial charge in [0.2, 0.25) is 0 Å². The lowest BCUT2D eigenvalue weighted by Gasteiger charge is -1.77. The first-order chi connectivity index (χ1) is 3.83. The average molecular weight is 220 g/mol. The molecular weight excluding hydrogens is 215 g/mol. The maximum Gasteiger partial charge on any atom is 0.164 e. The Morgan fingerprint density at radius 1 is 1.62 bits per heavy atom. The van der Waals surface area contributed by atoms with Crippen LogP contribution < -0.4 is 0 Å². The molecule has 0 aromatic carbocycles. The van der Waals surface area contributed by atoms with Gasteiger partial charge in [0, 0.05) is 0 Å². The summed E-state index contributed by atoms with van der Waals surface area (Å²) < 4.78 is 6.00. The highest BCUT2D eigenvalue weighted by Crippen LogP contribution is 2.09. The van der Waals surface area contributed by atoms with Crippen molar-refractivity contribution in [3.05, 3.63) is 28.2 Å². The fourth-order valence-electron chi connectivity index (χ4n) is 0.438. The highest BCUT2D eigenvalue weighted by Gasteiger charge is 1.90. The van der Waals surface area contributed by atoms with E-state index in [0.29, 0.717) is 0 Å². The van der Waals surface area contributed by atoms with Gasteiger partial charge < -0.3 is 4.42 Å². The van der Waals surface area contributed by atoms with Crippen LogP contribution >= 0.6 is 22.6 Å². The van der Waals surface area contributed by atoms with Crippen molar-refractivity contribution in [3.63, 3.8) is 0 Å². The lowest BCUT2D eigenvalue weighted by Crippen LogP contribution is -1.53. The van der Waals surface area contributed by atoms with Crippen molar-refractivity contribution in [2.24, 2.45) is 0 Å². The van der Waals surface area contributed by atoms with Crippen molar-refractivity contribution in [3.8, 4) is 0 Å². The molecule has 0 aliphatic heterocycles. The molecule has 0 unspecified atom stereocenters. The first-order valence-electron chi connectivity index (χ1n) is 2.20. The predicted molar refractivity (Wildman–Crippen MR) is 41.5 cm³/mol. The first-order valence-corrected chi connectivity index (χ1v) is 3.28. The van der Waals surface area contributed by atoms with Gasteiger partial charge in [-0.05, 0) is 40.8 Å². The summed E-state index contributed by atoms with van der Waals surface area (Å²) in [7, 11) is 0. The molecule has 2 heteroatoms. The van der Waals surface area contributed by atoms with Crippen LogP contribution in [0, 0.1) is 3.77 Å². The maximum atomic E-state index is 5.10. The van der Waals surface area contributed by atoms with E-state index in [1.54, 1.807) is 6.08 Å². The minimum absolute atomic E-state index is 0.828. The summed E-state index contributed by atoms with van der Waals surface area (Å²) in [6.07, 6.45) is 1.68. The fraction of sp³-hybridized carbons (Fsp3) is 0. The molecule has 0 fully saturated rings. The van der Waals surface area contributed by atoms with Crippen LogP contribution in [0.3, 0.4) is 0 Å². The molecule has 0 aliphatic carbocycles. The highest BCUT2D eigenvalue weighted by molar-refractivity contribution is 14.1. The summed E-state index contributed by atoms with van der Waals surface area (Å²) in [6, 6.07) is 3.78. The van der Waals surface area contributed by atoms with Crippen molar-refractivity contribution in [1.82, 2.24) is 0 Å². The molecule has 1 rings (SSSR count). The normalized spacial score (nSPS) is 9.12. The molecule has 1 aromatic rings. The molecule has 0 spiro atoms. The topological polar surface area (TPSA) is 13.1 Å². The van der Waals surface area contributed by atoms with Crippen molar-refractivity contribution < 1.29 is 4.42 Å². The smallest absolute Gasteiger partial charge is 0.164 e. The van der Waals surface area contributed by atoms with Crippen LogP contribution in [0.5, 0.6) is 0 Å². The Morgan fingerprint density at radius 3 is 2.62 bits per heavy atom. The van der Waals surface area contributed by atoms with Gasteiger partial charge >= 0.3 is 0 Å². The van der Waals surface area contributed by atoms with E-state index in [4.69, 9.17) is 4.42 Å². The van der Waals surface area contributed by atoms with Crippen LogP contribution in [0.4, 0.5) is 0 Å². The van der Waals surface area contributed by atoms with E-state index in [1.165, 1.54) is 0 Å². The van der Waals surface area contributed by atoms with E-state index in [9.17, 15) is 0 Å². The quantitative estimate of drug-likeness (QED) is 0.662. The van der Waals surface area contributed by atoms with E-state index in [0.717, 1.165) is 9.53 Å². The molecule has 0 bridgehead atoms. The standard InChI is InChI=1S/C6H5IO/c1-2-5-3-4-6(7)8-5/h2-4H,1H2. The predicted octanol–water partition coefficient (Wildman–Crippen LogP) is 2.53. The Balaban J connectivity index is 3.00. The SMILES string of the molecule is C=Cc1ccc(I)o1. The Bertz CT molecular complexity index is 190. The monoisotopic (exact) mass is 220 g/mol. The molecule has 1 aromatic heterocycles. The summed E-state index contributed by atoms with van der Waals surface area (Å²) in [5.74, 6) is 0.828. The number of hydrogen-bond donors (Lipinski definition) is 0. The van der Waals surface area contributed by atoms with Gasteiger partial charge in [-0.15, -0.1) is 0 Å². The van der Waals surface area contributed by atoms with Gasteiger partial charge in [0.1, 0.15) is 5.76 Å². The van der Waals surface area contributed by atoms with Crippen LogP contribution in [-0.2, 0) is 0 Å². The van der Waals surface area contributed by atoms with Crippen LogP contribution in [0.2, 0.25) is 0 Å². The van der Waals surface area contributed by atoms with Crippen LogP contribution in [-0.4, -0.2) is 0 Å². The molecule has 0 radical (unpaired) electrons. The van der Waals surface area contributed by atoms with Crippen LogP contribution in [0.15, 0.2) is 23.1 Å². The molecule has 1 heterocycles. The average Bonchev–Trinajstić information content (AvgIpc) is 2.14. The summed E-state index contributed by atoms with van der Waals surface area (Å²) in [5.41, 5.74) is 0. The molecule has 0 amide bonds. The molecular formula is C6H5IO. The lowest BCUT2D eigenvalue weighted by atomic mass is 10.5. The van der Waals surface area contributed by atoms with E-state index in [2.05, 4.69) is 29.2 Å². The number of hydrogen-bond acceptors (Lipinski definition) is 1. The van der Waals surface area contributed by atoms with Gasteiger partial charge in [0.15, 0.2) is 3.77 Å². The minimum atomic E-state index is 0.828. The molecule has 0 N–H and O–H groups in total. The Morgan fingerprint density at radius 2 is 2.38 bits per heavy atom. The van der Waals surface area contributed by atoms with Crippen molar-refractivity contribution in [2.75, 3.05) is 0 Å². The molecule has 0 aliphatic rings. The third-order valence-electron chi connectivity index (χ3n) is 0.795. The van der Waals surface area contributed by atoms with Gasteiger partial charge in [-0.1, -0.05) is 6.58 Å². The molecule has 0 saturated carbocycles. The third kappa shape index (κ3) is 1.12. The van der Waals surface area contributed by atoms with Crippen LogP contribution in [0.25, 0.3) is 6.08 Å². The van der Waals surface area contributed by atoms with Gasteiger partial charge in [-0.2, -0.15) is 0 Å². The van der Waals surface area contributed by atoms with Gasteiger partial charge in [-0.25, -0.2) is 0 Å². The molecule has 1 nitrogen and oxygen atoms in total. The van der Waals surface area contributed by atoms with E-state index in [1.807, 2.05) is 12.1 Å². The zero-order valence-electron chi connectivity index (χ0n) is 4.23. The summed E-state index contributed by atoms with van der Waals surface area (Å²) in [5, 5.41) is 0. The number of furan rings is 1. The molecule has 8 heavy (non-hydrogen) atoms. The molecule has 0 saturated heterocycles. The Kier molecular flexibility index (Phi) is 1.73. The van der Waals surface area contributed by atoms with Gasteiger partial charge in [0.25, 0.3) is 0 Å². The second-order valence-electron chi connectivity index (χ2n) is 1.35. The van der Waals surface area contributed by atoms with Gasteiger partial charge in [0.05, 0.1) is 0 Å². The maximum absolute atomic E-state index is 5.10. The van der Waals surface area contributed by atoms with Crippen molar-refractivity contribution in [2.45, 2.75) is 0 Å². The second-order valence-corrected chi connectivity index (χ2v) is 2.41. The van der Waals surface area contributed by atoms with E-state index >= 15 is 0 Å². The number of halogens is 1. The van der Waals surface area contributed by atoms with E-state index < -0.39 is 0 Å². The third-order valence-corrected chi connectivity index (χ3v) is 1.37. The Labute approximate surface area is 61.5 Å². The second kappa shape index (κ2) is 2.35. The molecule has 42 valence electrons. The summed E-state index contributed by atoms with van der Waals surface area (Å²) in [4.78, 5) is 0. The highest BCUT2D eigenvalue weighted by atomic mass is 127. The molecule has 0 atom stereocenters. The fourth-order valence-corrected chi connectivity index (χ4v) is 0.872. The first kappa shape index (κ1) is 5.88. The zero-order chi connectivity index (χ0) is 5.98. The summed E-state index contributed by atoms with van der Waals surface area (Å²) >= 11 is 2.11. The zero-order valence-corrected chi connectivity index (χ0v) is 6.38. The van der Waals surface area contributed by atoms with Crippen molar-refractivity contribution in [1.29, 1.82) is 0 Å². The largest absolute Gasteiger partial charge is 0.451 e. The minimum Gasteiger partial charge on any atom is -0.451 e. The lowest BCUT2D eigenvalue weighted by molar-refractivity contribution is 0.528. The summed E-state index contributed by atoms with van der Waals surface area (Å²) in [6.45, 7) is 3.55.